The van der Waals surface area contributed by atoms with Crippen LogP contribution in [0.3, 0.4) is 0 Å². The van der Waals surface area contributed by atoms with Gasteiger partial charge in [0, 0.05) is 13.1 Å². The lowest BCUT2D eigenvalue weighted by Gasteiger charge is -2.28. The molecular weight excluding hydrogens is 320 g/mol. The molecule has 2 aliphatic rings. The van der Waals surface area contributed by atoms with Crippen molar-refractivity contribution in [3.8, 4) is 5.75 Å². The molecule has 0 aliphatic carbocycles. The Bertz CT molecular complexity index is 690. The predicted molar refractivity (Wildman–Crippen MR) is 93.5 cm³/mol. The zero-order valence-electron chi connectivity index (χ0n) is 14.7. The Morgan fingerprint density at radius 1 is 1.20 bits per heavy atom. The van der Waals surface area contributed by atoms with Gasteiger partial charge in [-0.2, -0.15) is 0 Å². The third kappa shape index (κ3) is 3.39. The third-order valence-electron chi connectivity index (χ3n) is 4.97. The monoisotopic (exact) mass is 344 g/mol. The van der Waals surface area contributed by atoms with Gasteiger partial charge in [0.25, 0.3) is 5.91 Å². The van der Waals surface area contributed by atoms with E-state index in [0.717, 1.165) is 25.2 Å². The first-order valence-corrected chi connectivity index (χ1v) is 8.64. The molecule has 1 N–H and O–H groups in total. The number of ether oxygens (including phenoxy) is 1. The Hall–Kier alpha value is -2.34. The highest BCUT2D eigenvalue weighted by Crippen LogP contribution is 2.38. The van der Waals surface area contributed by atoms with E-state index in [9.17, 15) is 14.7 Å². The molecule has 0 aromatic heterocycles. The van der Waals surface area contributed by atoms with E-state index in [2.05, 4.69) is 4.90 Å². The summed E-state index contributed by atoms with van der Waals surface area (Å²) >= 11 is 0. The lowest BCUT2D eigenvalue weighted by atomic mass is 9.96. The number of hydrogen-bond acceptors (Lipinski definition) is 5. The normalized spacial score (nSPS) is 21.3. The topological polar surface area (TPSA) is 70.1 Å². The maximum Gasteiger partial charge on any atom is 0.290 e. The molecule has 1 atom stereocenters. The summed E-state index contributed by atoms with van der Waals surface area (Å²) in [6, 6.07) is 6.72. The maximum atomic E-state index is 12.6. The zero-order valence-corrected chi connectivity index (χ0v) is 14.7. The summed E-state index contributed by atoms with van der Waals surface area (Å²) in [6.07, 6.45) is 2.36. The number of amides is 1. The number of likely N-dealkylation sites (tertiary alicyclic amines) is 1. The quantitative estimate of drug-likeness (QED) is 0.855. The SMILES string of the molecule is COc1ccc(C2C(C(C)=O)=C(O)C(=O)N2CCN2CCCC2)cc1. The first-order valence-electron chi connectivity index (χ1n) is 8.64. The summed E-state index contributed by atoms with van der Waals surface area (Å²) in [5, 5.41) is 10.3. The minimum atomic E-state index is -0.543. The van der Waals surface area contributed by atoms with Gasteiger partial charge in [-0.1, -0.05) is 12.1 Å². The molecule has 3 rings (SSSR count). The van der Waals surface area contributed by atoms with Gasteiger partial charge in [-0.25, -0.2) is 0 Å². The Balaban J connectivity index is 1.88. The van der Waals surface area contributed by atoms with Crippen LogP contribution in [0, 0.1) is 0 Å². The number of aliphatic hydroxyl groups is 1. The molecule has 0 saturated carbocycles. The standard InChI is InChI=1S/C19H24N2O4/c1-13(22)16-17(14-5-7-15(25-2)8-6-14)21(19(24)18(16)23)12-11-20-9-3-4-10-20/h5-8,17,23H,3-4,9-12H2,1-2H3. The van der Waals surface area contributed by atoms with E-state index in [0.29, 0.717) is 12.3 Å². The van der Waals surface area contributed by atoms with Crippen molar-refractivity contribution in [1.29, 1.82) is 0 Å². The van der Waals surface area contributed by atoms with E-state index >= 15 is 0 Å². The molecule has 25 heavy (non-hydrogen) atoms. The number of carbonyl (C=O) groups excluding carboxylic acids is 2. The average Bonchev–Trinajstić information content (AvgIpc) is 3.21. The molecule has 2 heterocycles. The molecule has 6 nitrogen and oxygen atoms in total. The van der Waals surface area contributed by atoms with Crippen molar-refractivity contribution in [1.82, 2.24) is 9.80 Å². The van der Waals surface area contributed by atoms with Crippen molar-refractivity contribution < 1.29 is 19.4 Å². The fraction of sp³-hybridized carbons (Fsp3) is 0.474. The van der Waals surface area contributed by atoms with E-state index in [1.165, 1.54) is 19.8 Å². The van der Waals surface area contributed by atoms with Gasteiger partial charge in [0.1, 0.15) is 5.75 Å². The largest absolute Gasteiger partial charge is 0.503 e. The smallest absolute Gasteiger partial charge is 0.290 e. The highest BCUT2D eigenvalue weighted by Gasteiger charge is 2.42. The Morgan fingerprint density at radius 3 is 2.40 bits per heavy atom. The molecule has 6 heteroatoms. The van der Waals surface area contributed by atoms with Crippen molar-refractivity contribution in [3.63, 3.8) is 0 Å². The zero-order chi connectivity index (χ0) is 18.0. The number of methoxy groups -OCH3 is 1. The third-order valence-corrected chi connectivity index (χ3v) is 4.97. The Labute approximate surface area is 147 Å². The van der Waals surface area contributed by atoms with Gasteiger partial charge in [-0.3, -0.25) is 9.59 Å². The molecule has 1 saturated heterocycles. The minimum absolute atomic E-state index is 0.177. The number of aliphatic hydroxyl groups excluding tert-OH is 1. The molecule has 0 radical (unpaired) electrons. The number of nitrogens with zero attached hydrogens (tertiary/aromatic N) is 2. The average molecular weight is 344 g/mol. The molecule has 1 amide bonds. The molecule has 1 unspecified atom stereocenters. The van der Waals surface area contributed by atoms with Gasteiger partial charge in [-0.15, -0.1) is 0 Å². The molecule has 134 valence electrons. The summed E-state index contributed by atoms with van der Waals surface area (Å²) in [5.74, 6) is -0.468. The summed E-state index contributed by atoms with van der Waals surface area (Å²) < 4.78 is 5.17. The lowest BCUT2D eigenvalue weighted by molar-refractivity contribution is -0.129. The van der Waals surface area contributed by atoms with E-state index in [1.807, 2.05) is 12.1 Å². The number of hydrogen-bond donors (Lipinski definition) is 1. The maximum absolute atomic E-state index is 12.6. The Kier molecular flexibility index (Phi) is 5.08. The lowest BCUT2D eigenvalue weighted by Crippen LogP contribution is -2.37. The molecule has 1 fully saturated rings. The molecular formula is C19H24N2O4. The summed E-state index contributed by atoms with van der Waals surface area (Å²) in [4.78, 5) is 28.5. The van der Waals surface area contributed by atoms with Crippen LogP contribution < -0.4 is 4.74 Å². The summed E-state index contributed by atoms with van der Waals surface area (Å²) in [6.45, 7) is 4.69. The number of ketones is 1. The van der Waals surface area contributed by atoms with Crippen LogP contribution in [-0.2, 0) is 9.59 Å². The summed E-state index contributed by atoms with van der Waals surface area (Å²) in [5.41, 5.74) is 0.974. The van der Waals surface area contributed by atoms with Crippen LogP contribution in [0.2, 0.25) is 0 Å². The minimum Gasteiger partial charge on any atom is -0.503 e. The molecule has 1 aromatic carbocycles. The molecule has 2 aliphatic heterocycles. The highest BCUT2D eigenvalue weighted by atomic mass is 16.5. The second kappa shape index (κ2) is 7.27. The van der Waals surface area contributed by atoms with Crippen molar-refractivity contribution in [2.24, 2.45) is 0 Å². The van der Waals surface area contributed by atoms with E-state index < -0.39 is 17.7 Å². The van der Waals surface area contributed by atoms with Gasteiger partial charge >= 0.3 is 0 Å². The van der Waals surface area contributed by atoms with E-state index in [1.54, 1.807) is 24.1 Å². The number of carbonyl (C=O) groups is 2. The van der Waals surface area contributed by atoms with Crippen molar-refractivity contribution in [3.05, 3.63) is 41.2 Å². The summed E-state index contributed by atoms with van der Waals surface area (Å²) in [7, 11) is 1.59. The fourth-order valence-corrected chi connectivity index (χ4v) is 3.63. The number of benzene rings is 1. The van der Waals surface area contributed by atoms with Crippen LogP contribution in [0.5, 0.6) is 5.75 Å². The highest BCUT2D eigenvalue weighted by molar-refractivity contribution is 6.08. The van der Waals surface area contributed by atoms with E-state index in [-0.39, 0.29) is 11.4 Å². The van der Waals surface area contributed by atoms with Gasteiger partial charge in [0.05, 0.1) is 18.7 Å². The molecule has 1 aromatic rings. The second-order valence-corrected chi connectivity index (χ2v) is 6.54. The Morgan fingerprint density at radius 2 is 1.84 bits per heavy atom. The van der Waals surface area contributed by atoms with Crippen LogP contribution in [0.1, 0.15) is 31.4 Å². The van der Waals surface area contributed by atoms with Crippen molar-refractivity contribution in [2.75, 3.05) is 33.3 Å². The van der Waals surface area contributed by atoms with Gasteiger partial charge in [0.15, 0.2) is 11.5 Å². The first kappa shape index (κ1) is 17.5. The first-order chi connectivity index (χ1) is 12.0. The van der Waals surface area contributed by atoms with Gasteiger partial charge in [-0.05, 0) is 50.6 Å². The van der Waals surface area contributed by atoms with Crippen LogP contribution in [-0.4, -0.2) is 59.9 Å². The fourth-order valence-electron chi connectivity index (χ4n) is 3.63. The van der Waals surface area contributed by atoms with Crippen molar-refractivity contribution in [2.45, 2.75) is 25.8 Å². The van der Waals surface area contributed by atoms with E-state index in [4.69, 9.17) is 4.74 Å². The van der Waals surface area contributed by atoms with Crippen LogP contribution in [0.25, 0.3) is 0 Å². The molecule has 0 bridgehead atoms. The molecule has 0 spiro atoms. The van der Waals surface area contributed by atoms with Crippen LogP contribution >= 0.6 is 0 Å². The number of Topliss-reactive ketones (excluding diaryl/α,β-unsaturated/α-hetero) is 1. The number of rotatable bonds is 6. The predicted octanol–water partition coefficient (Wildman–Crippen LogP) is 2.08. The van der Waals surface area contributed by atoms with Crippen LogP contribution in [0.15, 0.2) is 35.6 Å². The van der Waals surface area contributed by atoms with Crippen molar-refractivity contribution >= 4 is 11.7 Å². The van der Waals surface area contributed by atoms with Gasteiger partial charge < -0.3 is 19.6 Å². The second-order valence-electron chi connectivity index (χ2n) is 6.54. The van der Waals surface area contributed by atoms with Crippen LogP contribution in [0.4, 0.5) is 0 Å². The van der Waals surface area contributed by atoms with Gasteiger partial charge in [0.2, 0.25) is 0 Å².